The largest absolute Gasteiger partial charge is 0.352 e. The van der Waals surface area contributed by atoms with E-state index in [9.17, 15) is 18.0 Å². The number of amides is 2. The van der Waals surface area contributed by atoms with Crippen LogP contribution in [0.4, 0.5) is 5.69 Å². The first-order chi connectivity index (χ1) is 23.2. The normalized spacial score (nSPS) is 14.2. The number of hydrogen-bond acceptors (Lipinski definition) is 4. The lowest BCUT2D eigenvalue weighted by Gasteiger charge is -2.35. The highest BCUT2D eigenvalue weighted by Crippen LogP contribution is 2.29. The molecule has 5 rings (SSSR count). The Bertz CT molecular complexity index is 1790. The summed E-state index contributed by atoms with van der Waals surface area (Å²) in [6, 6.07) is 29.8. The highest BCUT2D eigenvalue weighted by molar-refractivity contribution is 7.92. The van der Waals surface area contributed by atoms with Gasteiger partial charge >= 0.3 is 0 Å². The van der Waals surface area contributed by atoms with Gasteiger partial charge in [-0.05, 0) is 73.2 Å². The molecule has 0 unspecified atom stereocenters. The van der Waals surface area contributed by atoms with E-state index >= 15 is 0 Å². The smallest absolute Gasteiger partial charge is 0.264 e. The summed E-state index contributed by atoms with van der Waals surface area (Å²) in [5.74, 6) is -0.737. The summed E-state index contributed by atoms with van der Waals surface area (Å²) in [4.78, 5) is 30.7. The van der Waals surface area contributed by atoms with Crippen LogP contribution >= 0.6 is 11.6 Å². The van der Waals surface area contributed by atoms with Crippen LogP contribution in [0.2, 0.25) is 5.02 Å². The van der Waals surface area contributed by atoms with Crippen molar-refractivity contribution in [2.45, 2.75) is 82.3 Å². The van der Waals surface area contributed by atoms with Crippen molar-refractivity contribution >= 4 is 39.1 Å². The Labute approximate surface area is 290 Å². The molecule has 0 spiro atoms. The summed E-state index contributed by atoms with van der Waals surface area (Å²) in [6.45, 7) is 3.43. The van der Waals surface area contributed by atoms with Gasteiger partial charge in [0.05, 0.1) is 10.6 Å². The molecule has 1 aliphatic carbocycles. The van der Waals surface area contributed by atoms with Gasteiger partial charge in [0.25, 0.3) is 10.0 Å². The monoisotopic (exact) mass is 685 g/mol. The van der Waals surface area contributed by atoms with E-state index in [4.69, 9.17) is 11.6 Å². The van der Waals surface area contributed by atoms with Gasteiger partial charge in [-0.15, -0.1) is 0 Å². The van der Waals surface area contributed by atoms with Crippen LogP contribution in [0, 0.1) is 6.92 Å². The molecule has 0 radical (unpaired) electrons. The van der Waals surface area contributed by atoms with Crippen LogP contribution in [0.5, 0.6) is 0 Å². The number of carbonyl (C=O) groups excluding carboxylic acids is 2. The van der Waals surface area contributed by atoms with Crippen molar-refractivity contribution in [1.29, 1.82) is 0 Å². The van der Waals surface area contributed by atoms with E-state index in [1.807, 2.05) is 62.4 Å². The average molecular weight is 686 g/mol. The van der Waals surface area contributed by atoms with Gasteiger partial charge in [0.2, 0.25) is 11.8 Å². The van der Waals surface area contributed by atoms with Gasteiger partial charge in [0.15, 0.2) is 0 Å². The molecule has 0 aromatic heterocycles. The topological polar surface area (TPSA) is 86.8 Å². The zero-order valence-corrected chi connectivity index (χ0v) is 29.2. The van der Waals surface area contributed by atoms with E-state index in [0.717, 1.165) is 54.4 Å². The van der Waals surface area contributed by atoms with E-state index in [2.05, 4.69) is 5.32 Å². The lowest BCUT2D eigenvalue weighted by Crippen LogP contribution is -2.55. The van der Waals surface area contributed by atoms with Gasteiger partial charge in [0, 0.05) is 24.0 Å². The van der Waals surface area contributed by atoms with E-state index < -0.39 is 28.5 Å². The third-order valence-corrected chi connectivity index (χ3v) is 11.0. The van der Waals surface area contributed by atoms with Crippen LogP contribution in [0.25, 0.3) is 0 Å². The predicted molar refractivity (Wildman–Crippen MR) is 192 cm³/mol. The Hall–Kier alpha value is -4.14. The van der Waals surface area contributed by atoms with Gasteiger partial charge in [-0.1, -0.05) is 116 Å². The number of nitrogens with one attached hydrogen (secondary N) is 1. The molecule has 7 nitrogen and oxygen atoms in total. The molecule has 1 fully saturated rings. The number of nitrogens with zero attached hydrogens (tertiary/aromatic N) is 2. The molecular weight excluding hydrogens is 642 g/mol. The van der Waals surface area contributed by atoms with Crippen LogP contribution in [-0.4, -0.2) is 43.8 Å². The third kappa shape index (κ3) is 8.85. The third-order valence-electron chi connectivity index (χ3n) is 8.99. The molecule has 1 atom stereocenters. The SMILES string of the molecule is CCc1ccccc1N(CC(=O)N(Cc1cccc(Cl)c1)[C@H](Cc1ccccc1)C(=O)NC1CCCCC1)S(=O)(=O)c1ccc(C)cc1. The zero-order chi connectivity index (χ0) is 34.1. The quantitative estimate of drug-likeness (QED) is 0.158. The second-order valence-electron chi connectivity index (χ2n) is 12.5. The Morgan fingerprint density at radius 3 is 2.21 bits per heavy atom. The number of benzene rings is 4. The minimum absolute atomic E-state index is 0.0301. The Morgan fingerprint density at radius 1 is 0.854 bits per heavy atom. The van der Waals surface area contributed by atoms with Crippen molar-refractivity contribution in [2.75, 3.05) is 10.8 Å². The first kappa shape index (κ1) is 35.2. The fraction of sp³-hybridized carbons (Fsp3) is 0.333. The van der Waals surface area contributed by atoms with Crippen molar-refractivity contribution in [2.24, 2.45) is 0 Å². The molecule has 252 valence electrons. The average Bonchev–Trinajstić information content (AvgIpc) is 3.09. The van der Waals surface area contributed by atoms with Crippen LogP contribution in [0.3, 0.4) is 0 Å². The molecular formula is C39H44ClN3O4S. The second kappa shape index (κ2) is 16.3. The first-order valence-corrected chi connectivity index (χ1v) is 18.5. The Balaban J connectivity index is 1.58. The maximum Gasteiger partial charge on any atom is 0.264 e. The van der Waals surface area contributed by atoms with E-state index in [1.54, 1.807) is 54.6 Å². The van der Waals surface area contributed by atoms with Crippen molar-refractivity contribution in [3.8, 4) is 0 Å². The number of hydrogen-bond donors (Lipinski definition) is 1. The maximum atomic E-state index is 14.8. The molecule has 4 aromatic carbocycles. The van der Waals surface area contributed by atoms with Crippen LogP contribution in [-0.2, 0) is 39.0 Å². The minimum Gasteiger partial charge on any atom is -0.352 e. The second-order valence-corrected chi connectivity index (χ2v) is 14.8. The molecule has 48 heavy (non-hydrogen) atoms. The summed E-state index contributed by atoms with van der Waals surface area (Å²) < 4.78 is 30.0. The van der Waals surface area contributed by atoms with Crippen molar-refractivity contribution in [3.05, 3.63) is 130 Å². The molecule has 0 saturated heterocycles. The summed E-state index contributed by atoms with van der Waals surface area (Å²) in [5.41, 5.74) is 3.78. The predicted octanol–water partition coefficient (Wildman–Crippen LogP) is 7.50. The summed E-state index contributed by atoms with van der Waals surface area (Å²) in [7, 11) is -4.17. The maximum absolute atomic E-state index is 14.8. The van der Waals surface area contributed by atoms with Gasteiger partial charge in [0.1, 0.15) is 12.6 Å². The summed E-state index contributed by atoms with van der Waals surface area (Å²) in [5, 5.41) is 3.75. The number of anilines is 1. The van der Waals surface area contributed by atoms with Crippen LogP contribution in [0.1, 0.15) is 61.3 Å². The Morgan fingerprint density at radius 2 is 1.52 bits per heavy atom. The van der Waals surface area contributed by atoms with E-state index in [1.165, 1.54) is 9.21 Å². The number of aryl methyl sites for hydroxylation is 2. The minimum atomic E-state index is -4.17. The molecule has 0 aliphatic heterocycles. The Kier molecular flexibility index (Phi) is 12.0. The number of para-hydroxylation sites is 1. The molecule has 1 N–H and O–H groups in total. The van der Waals surface area contributed by atoms with Gasteiger partial charge < -0.3 is 10.2 Å². The highest BCUT2D eigenvalue weighted by atomic mass is 35.5. The summed E-state index contributed by atoms with van der Waals surface area (Å²) >= 11 is 6.37. The molecule has 2 amide bonds. The molecule has 0 bridgehead atoms. The fourth-order valence-electron chi connectivity index (χ4n) is 6.33. The lowest BCUT2D eigenvalue weighted by molar-refractivity contribution is -0.140. The summed E-state index contributed by atoms with van der Waals surface area (Å²) in [6.07, 6.45) is 5.84. The molecule has 1 saturated carbocycles. The molecule has 1 aliphatic rings. The van der Waals surface area contributed by atoms with Crippen molar-refractivity contribution < 1.29 is 18.0 Å². The van der Waals surface area contributed by atoms with Gasteiger partial charge in [-0.2, -0.15) is 0 Å². The van der Waals surface area contributed by atoms with E-state index in [-0.39, 0.29) is 29.8 Å². The number of halogens is 1. The number of sulfonamides is 1. The van der Waals surface area contributed by atoms with Gasteiger partial charge in [-0.3, -0.25) is 13.9 Å². The fourth-order valence-corrected chi connectivity index (χ4v) is 8.00. The number of carbonyl (C=O) groups is 2. The van der Waals surface area contributed by atoms with Gasteiger partial charge in [-0.25, -0.2) is 8.42 Å². The molecule has 4 aromatic rings. The van der Waals surface area contributed by atoms with Crippen LogP contribution in [0.15, 0.2) is 108 Å². The molecule has 0 heterocycles. The van der Waals surface area contributed by atoms with Crippen molar-refractivity contribution in [3.63, 3.8) is 0 Å². The highest BCUT2D eigenvalue weighted by Gasteiger charge is 2.36. The van der Waals surface area contributed by atoms with Crippen LogP contribution < -0.4 is 9.62 Å². The van der Waals surface area contributed by atoms with Crippen molar-refractivity contribution in [1.82, 2.24) is 10.2 Å². The zero-order valence-electron chi connectivity index (χ0n) is 27.6. The van der Waals surface area contributed by atoms with E-state index in [0.29, 0.717) is 17.1 Å². The standard InChI is InChI=1S/C39H44ClN3O4S/c1-3-32-16-10-11-20-36(32)43(48(46,47)35-23-21-29(2)22-24-35)28-38(44)42(27-31-15-12-17-33(40)25-31)37(26-30-13-6-4-7-14-30)39(45)41-34-18-8-5-9-19-34/h4,6-7,10-17,20-25,34,37H,3,5,8-9,18-19,26-28H2,1-2H3,(H,41,45)/t37-/m1/s1. The lowest BCUT2D eigenvalue weighted by atomic mass is 9.94. The molecule has 9 heteroatoms. The number of rotatable bonds is 13. The first-order valence-electron chi connectivity index (χ1n) is 16.7.